The number of aliphatic carboxylic acids is 1. The summed E-state index contributed by atoms with van der Waals surface area (Å²) in [5.74, 6) is -4.37. The molecule has 3 atom stereocenters. The predicted molar refractivity (Wildman–Crippen MR) is 80.4 cm³/mol. The Morgan fingerprint density at radius 2 is 2.00 bits per heavy atom. The van der Waals surface area contributed by atoms with E-state index in [1.165, 1.54) is 4.90 Å². The number of alkyl halides is 3. The first-order valence-electron chi connectivity index (χ1n) is 7.70. The number of hydrogen-bond donors (Lipinski definition) is 1. The third-order valence-corrected chi connectivity index (χ3v) is 4.46. The number of carbonyl (C=O) groups is 1. The number of aromatic nitrogens is 2. The Morgan fingerprint density at radius 1 is 1.32 bits per heavy atom. The van der Waals surface area contributed by atoms with E-state index in [4.69, 9.17) is 9.63 Å². The van der Waals surface area contributed by atoms with E-state index < -0.39 is 36.6 Å². The lowest BCUT2D eigenvalue weighted by Crippen LogP contribution is -2.33. The van der Waals surface area contributed by atoms with Crippen LogP contribution in [0.25, 0.3) is 11.4 Å². The smallest absolute Gasteiger partial charge is 0.393 e. The topological polar surface area (TPSA) is 79.5 Å². The van der Waals surface area contributed by atoms with Crippen LogP contribution in [0, 0.1) is 11.8 Å². The van der Waals surface area contributed by atoms with Crippen LogP contribution < -0.4 is 0 Å². The van der Waals surface area contributed by atoms with Gasteiger partial charge in [0, 0.05) is 18.7 Å². The number of carboxylic acid groups (broad SMARTS) is 1. The van der Waals surface area contributed by atoms with Gasteiger partial charge in [-0.3, -0.25) is 9.69 Å². The molecule has 0 radical (unpaired) electrons. The number of likely N-dealkylation sites (tertiary alicyclic amines) is 1. The van der Waals surface area contributed by atoms with Crippen LogP contribution in [0.4, 0.5) is 13.2 Å². The summed E-state index contributed by atoms with van der Waals surface area (Å²) < 4.78 is 44.5. The van der Waals surface area contributed by atoms with Gasteiger partial charge in [0.25, 0.3) is 0 Å². The second kappa shape index (κ2) is 6.47. The fourth-order valence-electron chi connectivity index (χ4n) is 3.00. The quantitative estimate of drug-likeness (QED) is 0.908. The van der Waals surface area contributed by atoms with Crippen molar-refractivity contribution in [3.05, 3.63) is 36.2 Å². The lowest BCUT2D eigenvalue weighted by atomic mass is 9.96. The van der Waals surface area contributed by atoms with Crippen LogP contribution in [0.1, 0.15) is 18.9 Å². The van der Waals surface area contributed by atoms with Crippen molar-refractivity contribution in [2.24, 2.45) is 11.8 Å². The predicted octanol–water partition coefficient (Wildman–Crippen LogP) is 2.99. The van der Waals surface area contributed by atoms with Crippen molar-refractivity contribution in [3.8, 4) is 11.4 Å². The number of rotatable bonds is 4. The first kappa shape index (κ1) is 17.4. The van der Waals surface area contributed by atoms with Gasteiger partial charge in [-0.1, -0.05) is 35.5 Å². The zero-order chi connectivity index (χ0) is 18.2. The van der Waals surface area contributed by atoms with Crippen LogP contribution in [-0.4, -0.2) is 45.4 Å². The van der Waals surface area contributed by atoms with Crippen LogP contribution in [0.2, 0.25) is 0 Å². The molecule has 3 rings (SSSR count). The number of benzene rings is 1. The van der Waals surface area contributed by atoms with Gasteiger partial charge in [-0.25, -0.2) is 0 Å². The minimum Gasteiger partial charge on any atom is -0.481 e. The Morgan fingerprint density at radius 3 is 2.56 bits per heavy atom. The van der Waals surface area contributed by atoms with E-state index in [2.05, 4.69) is 10.1 Å². The van der Waals surface area contributed by atoms with Crippen molar-refractivity contribution in [3.63, 3.8) is 0 Å². The van der Waals surface area contributed by atoms with Gasteiger partial charge < -0.3 is 9.63 Å². The van der Waals surface area contributed by atoms with Gasteiger partial charge >= 0.3 is 12.1 Å². The summed E-state index contributed by atoms with van der Waals surface area (Å²) in [5.41, 5.74) is 0.725. The Kier molecular flexibility index (Phi) is 4.51. The molecule has 1 aromatic heterocycles. The molecule has 1 N–H and O–H groups in total. The van der Waals surface area contributed by atoms with E-state index in [0.717, 1.165) is 5.56 Å². The monoisotopic (exact) mass is 355 g/mol. The Labute approximate surface area is 141 Å². The maximum Gasteiger partial charge on any atom is 0.393 e. The molecule has 0 bridgehead atoms. The van der Waals surface area contributed by atoms with Crippen molar-refractivity contribution in [1.29, 1.82) is 0 Å². The van der Waals surface area contributed by atoms with Gasteiger partial charge in [-0.05, 0) is 6.92 Å². The highest BCUT2D eigenvalue weighted by Crippen LogP contribution is 2.40. The Balaban J connectivity index is 1.79. The van der Waals surface area contributed by atoms with E-state index in [1.54, 1.807) is 31.2 Å². The SMILES string of the molecule is CC(c1nc(-c2ccccc2)no1)N1C[C@@H](C(F)(F)F)[C@H](C(=O)O)C1. The summed E-state index contributed by atoms with van der Waals surface area (Å²) in [4.78, 5) is 16.8. The summed E-state index contributed by atoms with van der Waals surface area (Å²) in [5, 5.41) is 12.9. The minimum absolute atomic E-state index is 0.158. The molecule has 1 fully saturated rings. The zero-order valence-corrected chi connectivity index (χ0v) is 13.3. The lowest BCUT2D eigenvalue weighted by molar-refractivity contribution is -0.188. The van der Waals surface area contributed by atoms with Crippen molar-refractivity contribution in [1.82, 2.24) is 15.0 Å². The van der Waals surface area contributed by atoms with Crippen molar-refractivity contribution >= 4 is 5.97 Å². The zero-order valence-electron chi connectivity index (χ0n) is 13.3. The van der Waals surface area contributed by atoms with Crippen molar-refractivity contribution in [2.75, 3.05) is 13.1 Å². The molecular formula is C16H16F3N3O3. The summed E-state index contributed by atoms with van der Waals surface area (Å²) in [6.07, 6.45) is -4.57. The number of nitrogens with zero attached hydrogens (tertiary/aromatic N) is 3. The van der Waals surface area contributed by atoms with E-state index >= 15 is 0 Å². The highest BCUT2D eigenvalue weighted by Gasteiger charge is 2.53. The summed E-state index contributed by atoms with van der Waals surface area (Å²) in [6.45, 7) is 0.994. The maximum atomic E-state index is 13.1. The van der Waals surface area contributed by atoms with E-state index in [1.807, 2.05) is 6.07 Å². The number of halogens is 3. The summed E-state index contributed by atoms with van der Waals surface area (Å²) in [6, 6.07) is 8.41. The fraction of sp³-hybridized carbons (Fsp3) is 0.438. The standard InChI is InChI=1S/C16H16F3N3O3/c1-9(14-20-13(21-25-14)10-5-3-2-4-6-10)22-7-11(15(23)24)12(8-22)16(17,18)19/h2-6,9,11-12H,7-8H2,1H3,(H,23,24)/t9?,11-,12-/m1/s1. The molecule has 2 aromatic rings. The molecule has 25 heavy (non-hydrogen) atoms. The van der Waals surface area contributed by atoms with E-state index in [-0.39, 0.29) is 12.4 Å². The second-order valence-corrected chi connectivity index (χ2v) is 6.04. The number of hydrogen-bond acceptors (Lipinski definition) is 5. The molecule has 0 amide bonds. The highest BCUT2D eigenvalue weighted by molar-refractivity contribution is 5.71. The third-order valence-electron chi connectivity index (χ3n) is 4.46. The molecular weight excluding hydrogens is 339 g/mol. The van der Waals surface area contributed by atoms with Gasteiger partial charge in [0.1, 0.15) is 0 Å². The molecule has 0 aliphatic carbocycles. The lowest BCUT2D eigenvalue weighted by Gasteiger charge is -2.21. The Bertz CT molecular complexity index is 748. The van der Waals surface area contributed by atoms with Gasteiger partial charge in [0.2, 0.25) is 11.7 Å². The normalized spacial score (nSPS) is 22.9. The molecule has 1 aliphatic rings. The molecule has 1 aromatic carbocycles. The first-order valence-corrected chi connectivity index (χ1v) is 7.70. The molecule has 1 aliphatic heterocycles. The van der Waals surface area contributed by atoms with Gasteiger partial charge in [0.05, 0.1) is 17.9 Å². The second-order valence-electron chi connectivity index (χ2n) is 6.04. The largest absolute Gasteiger partial charge is 0.481 e. The maximum absolute atomic E-state index is 13.1. The molecule has 134 valence electrons. The third kappa shape index (κ3) is 3.51. The van der Waals surface area contributed by atoms with Crippen LogP contribution in [0.15, 0.2) is 34.9 Å². The molecule has 0 saturated carbocycles. The van der Waals surface area contributed by atoms with Crippen LogP contribution in [0.5, 0.6) is 0 Å². The minimum atomic E-state index is -4.57. The summed E-state index contributed by atoms with van der Waals surface area (Å²) in [7, 11) is 0. The van der Waals surface area contributed by atoms with Gasteiger partial charge in [-0.2, -0.15) is 18.2 Å². The van der Waals surface area contributed by atoms with Crippen LogP contribution >= 0.6 is 0 Å². The van der Waals surface area contributed by atoms with Crippen molar-refractivity contribution in [2.45, 2.75) is 19.1 Å². The highest BCUT2D eigenvalue weighted by atomic mass is 19.4. The van der Waals surface area contributed by atoms with Crippen molar-refractivity contribution < 1.29 is 27.6 Å². The van der Waals surface area contributed by atoms with E-state index in [0.29, 0.717) is 5.82 Å². The van der Waals surface area contributed by atoms with Gasteiger partial charge in [-0.15, -0.1) is 0 Å². The average molecular weight is 355 g/mol. The summed E-state index contributed by atoms with van der Waals surface area (Å²) >= 11 is 0. The van der Waals surface area contributed by atoms with Gasteiger partial charge in [0.15, 0.2) is 0 Å². The molecule has 0 spiro atoms. The van der Waals surface area contributed by atoms with Crippen LogP contribution in [0.3, 0.4) is 0 Å². The molecule has 6 nitrogen and oxygen atoms in total. The molecule has 1 saturated heterocycles. The molecule has 2 heterocycles. The van der Waals surface area contributed by atoms with Crippen LogP contribution in [-0.2, 0) is 4.79 Å². The Hall–Kier alpha value is -2.42. The number of carboxylic acids is 1. The molecule has 1 unspecified atom stereocenters. The van der Waals surface area contributed by atoms with E-state index in [9.17, 15) is 18.0 Å². The molecule has 9 heteroatoms. The average Bonchev–Trinajstić information content (AvgIpc) is 3.22. The first-order chi connectivity index (χ1) is 11.8. The fourth-order valence-corrected chi connectivity index (χ4v) is 3.00.